The standard InChI is InChI=1S/C14H15N3O2/c18-14(19-11-12-6-2-1-3-7-12)10-16-17-13-8-4-5-9-15-13/h1-9,16H,10-11H2,(H,15,17). The highest BCUT2D eigenvalue weighted by Crippen LogP contribution is 2.00. The molecule has 0 aliphatic rings. The van der Waals surface area contributed by atoms with E-state index in [0.717, 1.165) is 5.56 Å². The molecule has 0 bridgehead atoms. The smallest absolute Gasteiger partial charge is 0.322 e. The van der Waals surface area contributed by atoms with Crippen molar-refractivity contribution in [3.8, 4) is 0 Å². The van der Waals surface area contributed by atoms with Crippen LogP contribution in [0.5, 0.6) is 0 Å². The average Bonchev–Trinajstić information content (AvgIpc) is 2.47. The van der Waals surface area contributed by atoms with Crippen LogP contribution in [0.25, 0.3) is 0 Å². The van der Waals surface area contributed by atoms with Gasteiger partial charge in [0.1, 0.15) is 19.0 Å². The summed E-state index contributed by atoms with van der Waals surface area (Å²) in [4.78, 5) is 15.5. The van der Waals surface area contributed by atoms with Gasteiger partial charge in [-0.1, -0.05) is 36.4 Å². The minimum absolute atomic E-state index is 0.0728. The molecule has 0 aliphatic heterocycles. The third-order valence-electron chi connectivity index (χ3n) is 2.36. The van der Waals surface area contributed by atoms with Crippen LogP contribution in [0.3, 0.4) is 0 Å². The van der Waals surface area contributed by atoms with Crippen LogP contribution in [0.4, 0.5) is 5.82 Å². The minimum atomic E-state index is -0.327. The minimum Gasteiger partial charge on any atom is -0.460 e. The van der Waals surface area contributed by atoms with Gasteiger partial charge in [-0.3, -0.25) is 4.79 Å². The Morgan fingerprint density at radius 1 is 1.11 bits per heavy atom. The number of hydrogen-bond acceptors (Lipinski definition) is 5. The summed E-state index contributed by atoms with van der Waals surface area (Å²) in [5.74, 6) is 0.325. The first-order valence-corrected chi connectivity index (χ1v) is 5.94. The molecule has 5 nitrogen and oxygen atoms in total. The number of aromatic nitrogens is 1. The first-order valence-electron chi connectivity index (χ1n) is 5.94. The van der Waals surface area contributed by atoms with Crippen molar-refractivity contribution in [2.45, 2.75) is 6.61 Å². The Morgan fingerprint density at radius 2 is 1.89 bits per heavy atom. The Balaban J connectivity index is 1.65. The van der Waals surface area contributed by atoms with Gasteiger partial charge >= 0.3 is 5.97 Å². The molecule has 2 N–H and O–H groups in total. The maximum absolute atomic E-state index is 11.5. The number of benzene rings is 1. The van der Waals surface area contributed by atoms with Gasteiger partial charge in [0.05, 0.1) is 0 Å². The van der Waals surface area contributed by atoms with Gasteiger partial charge in [-0.25, -0.2) is 10.4 Å². The molecule has 0 amide bonds. The van der Waals surface area contributed by atoms with E-state index in [1.165, 1.54) is 0 Å². The topological polar surface area (TPSA) is 63.2 Å². The number of nitrogens with zero attached hydrogens (tertiary/aromatic N) is 1. The van der Waals surface area contributed by atoms with Crippen LogP contribution in [0.2, 0.25) is 0 Å². The van der Waals surface area contributed by atoms with Crippen LogP contribution in [0.1, 0.15) is 5.56 Å². The van der Waals surface area contributed by atoms with Crippen molar-refractivity contribution in [1.29, 1.82) is 0 Å². The molecule has 19 heavy (non-hydrogen) atoms. The van der Waals surface area contributed by atoms with Gasteiger partial charge in [0.15, 0.2) is 0 Å². The van der Waals surface area contributed by atoms with Crippen molar-refractivity contribution in [3.63, 3.8) is 0 Å². The van der Waals surface area contributed by atoms with E-state index in [9.17, 15) is 4.79 Å². The van der Waals surface area contributed by atoms with Crippen molar-refractivity contribution in [2.24, 2.45) is 0 Å². The van der Waals surface area contributed by atoms with E-state index in [2.05, 4.69) is 15.8 Å². The molecule has 0 fully saturated rings. The molecule has 98 valence electrons. The number of carbonyl (C=O) groups is 1. The summed E-state index contributed by atoms with van der Waals surface area (Å²) >= 11 is 0. The number of carbonyl (C=O) groups excluding carboxylic acids is 1. The van der Waals surface area contributed by atoms with Crippen LogP contribution < -0.4 is 10.9 Å². The van der Waals surface area contributed by atoms with E-state index in [4.69, 9.17) is 4.74 Å². The summed E-state index contributed by atoms with van der Waals surface area (Å²) in [5, 5.41) is 0. The molecule has 1 aromatic heterocycles. The highest BCUT2D eigenvalue weighted by atomic mass is 16.5. The molecule has 5 heteroatoms. The second kappa shape index (κ2) is 7.13. The number of nitrogens with one attached hydrogen (secondary N) is 2. The Hall–Kier alpha value is -2.40. The third kappa shape index (κ3) is 4.77. The summed E-state index contributed by atoms with van der Waals surface area (Å²) < 4.78 is 5.10. The van der Waals surface area contributed by atoms with Gasteiger partial charge in [0.25, 0.3) is 0 Å². The van der Waals surface area contributed by atoms with Crippen LogP contribution in [-0.2, 0) is 16.1 Å². The predicted molar refractivity (Wildman–Crippen MR) is 72.1 cm³/mol. The SMILES string of the molecule is O=C(CNNc1ccccn1)OCc1ccccc1. The number of pyridine rings is 1. The van der Waals surface area contributed by atoms with Crippen LogP contribution >= 0.6 is 0 Å². The third-order valence-corrected chi connectivity index (χ3v) is 2.36. The van der Waals surface area contributed by atoms with Crippen LogP contribution in [0, 0.1) is 0 Å². The van der Waals surface area contributed by atoms with E-state index < -0.39 is 0 Å². The Morgan fingerprint density at radius 3 is 2.63 bits per heavy atom. The molecule has 0 saturated heterocycles. The molecule has 0 spiro atoms. The van der Waals surface area contributed by atoms with Gasteiger partial charge in [-0.05, 0) is 17.7 Å². The number of esters is 1. The second-order valence-corrected chi connectivity index (χ2v) is 3.84. The van der Waals surface area contributed by atoms with Gasteiger partial charge in [-0.2, -0.15) is 0 Å². The van der Waals surface area contributed by atoms with Crippen molar-refractivity contribution in [2.75, 3.05) is 12.0 Å². The Labute approximate surface area is 111 Å². The maximum atomic E-state index is 11.5. The van der Waals surface area contributed by atoms with Gasteiger partial charge in [-0.15, -0.1) is 0 Å². The molecule has 0 radical (unpaired) electrons. The van der Waals surface area contributed by atoms with Crippen molar-refractivity contribution >= 4 is 11.8 Å². The van der Waals surface area contributed by atoms with E-state index in [1.807, 2.05) is 42.5 Å². The van der Waals surface area contributed by atoms with Gasteiger partial charge < -0.3 is 10.2 Å². The van der Waals surface area contributed by atoms with Gasteiger partial charge in [0.2, 0.25) is 0 Å². The molecule has 1 aromatic carbocycles. The summed E-state index contributed by atoms with van der Waals surface area (Å²) in [7, 11) is 0. The lowest BCUT2D eigenvalue weighted by Crippen LogP contribution is -2.29. The number of anilines is 1. The fourth-order valence-electron chi connectivity index (χ4n) is 1.43. The van der Waals surface area contributed by atoms with Crippen molar-refractivity contribution in [3.05, 3.63) is 60.3 Å². The largest absolute Gasteiger partial charge is 0.460 e. The monoisotopic (exact) mass is 257 g/mol. The fourth-order valence-corrected chi connectivity index (χ4v) is 1.43. The maximum Gasteiger partial charge on any atom is 0.322 e. The number of rotatable bonds is 6. The lowest BCUT2D eigenvalue weighted by molar-refractivity contribution is -0.143. The fraction of sp³-hybridized carbons (Fsp3) is 0.143. The average molecular weight is 257 g/mol. The highest BCUT2D eigenvalue weighted by Gasteiger charge is 2.02. The number of ether oxygens (including phenoxy) is 1. The molecular formula is C14H15N3O2. The molecule has 0 unspecified atom stereocenters. The van der Waals surface area contributed by atoms with Crippen LogP contribution in [-0.4, -0.2) is 17.5 Å². The predicted octanol–water partition coefficient (Wildman–Crippen LogP) is 1.74. The molecule has 2 rings (SSSR count). The van der Waals surface area contributed by atoms with Crippen molar-refractivity contribution < 1.29 is 9.53 Å². The van der Waals surface area contributed by atoms with E-state index in [0.29, 0.717) is 5.82 Å². The summed E-state index contributed by atoms with van der Waals surface area (Å²) in [6.07, 6.45) is 1.66. The summed E-state index contributed by atoms with van der Waals surface area (Å²) in [6.45, 7) is 0.356. The molecule has 2 aromatic rings. The molecule has 0 saturated carbocycles. The normalized spacial score (nSPS) is 9.89. The second-order valence-electron chi connectivity index (χ2n) is 3.84. The summed E-state index contributed by atoms with van der Waals surface area (Å²) in [6, 6.07) is 15.0. The molecule has 1 heterocycles. The molecular weight excluding hydrogens is 242 g/mol. The Kier molecular flexibility index (Phi) is 4.89. The summed E-state index contributed by atoms with van der Waals surface area (Å²) in [5.41, 5.74) is 6.53. The molecule has 0 atom stereocenters. The van der Waals surface area contributed by atoms with E-state index >= 15 is 0 Å². The number of hydrazine groups is 1. The van der Waals surface area contributed by atoms with E-state index in [-0.39, 0.29) is 19.1 Å². The lowest BCUT2D eigenvalue weighted by Gasteiger charge is -2.07. The van der Waals surface area contributed by atoms with E-state index in [1.54, 1.807) is 12.3 Å². The van der Waals surface area contributed by atoms with Gasteiger partial charge in [0, 0.05) is 6.20 Å². The zero-order valence-corrected chi connectivity index (χ0v) is 10.4. The zero-order valence-electron chi connectivity index (χ0n) is 10.4. The first kappa shape index (κ1) is 13.0. The lowest BCUT2D eigenvalue weighted by atomic mass is 10.2. The first-order chi connectivity index (χ1) is 9.34. The number of hydrogen-bond donors (Lipinski definition) is 2. The zero-order chi connectivity index (χ0) is 13.3. The van der Waals surface area contributed by atoms with Crippen LogP contribution in [0.15, 0.2) is 54.7 Å². The Bertz CT molecular complexity index is 503. The highest BCUT2D eigenvalue weighted by molar-refractivity contribution is 5.71. The quantitative estimate of drug-likeness (QED) is 0.609. The van der Waals surface area contributed by atoms with Crippen molar-refractivity contribution in [1.82, 2.24) is 10.4 Å². The molecule has 0 aliphatic carbocycles.